The van der Waals surface area contributed by atoms with Crippen LogP contribution in [-0.4, -0.2) is 14.5 Å². The molecule has 2 aromatic carbocycles. The van der Waals surface area contributed by atoms with Gasteiger partial charge in [0.2, 0.25) is 0 Å². The van der Waals surface area contributed by atoms with Crippen molar-refractivity contribution in [2.75, 3.05) is 0 Å². The third-order valence-electron chi connectivity index (χ3n) is 4.33. The maximum Gasteiger partial charge on any atom is 0.102 e. The summed E-state index contributed by atoms with van der Waals surface area (Å²) in [5.41, 5.74) is 2.71. The second kappa shape index (κ2) is 8.09. The zero-order chi connectivity index (χ0) is 18.6. The zero-order valence-corrected chi connectivity index (χ0v) is 15.9. The summed E-state index contributed by atoms with van der Waals surface area (Å²) in [6.45, 7) is 0.970. The summed E-state index contributed by atoms with van der Waals surface area (Å²) in [5, 5.41) is 2.29. The van der Waals surface area contributed by atoms with Gasteiger partial charge in [-0.05, 0) is 24.3 Å². The molecular formula is C21H17Cl2N3O. The first-order valence-electron chi connectivity index (χ1n) is 8.56. The van der Waals surface area contributed by atoms with Crippen molar-refractivity contribution in [1.29, 1.82) is 0 Å². The Morgan fingerprint density at radius 1 is 1.04 bits per heavy atom. The first-order chi connectivity index (χ1) is 13.2. The van der Waals surface area contributed by atoms with E-state index in [-0.39, 0.29) is 6.10 Å². The van der Waals surface area contributed by atoms with Crippen LogP contribution in [0.3, 0.4) is 0 Å². The average molecular weight is 398 g/mol. The second-order valence-electron chi connectivity index (χ2n) is 6.22. The molecule has 0 N–H and O–H groups in total. The quantitative estimate of drug-likeness (QED) is 0.419. The van der Waals surface area contributed by atoms with Crippen LogP contribution in [0.2, 0.25) is 10.0 Å². The number of fused-ring (bicyclic) bond motifs is 1. The summed E-state index contributed by atoms with van der Waals surface area (Å²) < 4.78 is 8.18. The Morgan fingerprint density at radius 3 is 2.74 bits per heavy atom. The summed E-state index contributed by atoms with van der Waals surface area (Å²) in [6, 6.07) is 17.5. The van der Waals surface area contributed by atoms with E-state index < -0.39 is 0 Å². The highest BCUT2D eigenvalue weighted by molar-refractivity contribution is 6.35. The van der Waals surface area contributed by atoms with Gasteiger partial charge in [-0.3, -0.25) is 4.98 Å². The Kier molecular flexibility index (Phi) is 5.39. The van der Waals surface area contributed by atoms with Crippen LogP contribution in [0.15, 0.2) is 73.3 Å². The van der Waals surface area contributed by atoms with E-state index in [1.807, 2.05) is 53.2 Å². The molecule has 0 fully saturated rings. The maximum absolute atomic E-state index is 6.42. The molecule has 1 unspecified atom stereocenters. The van der Waals surface area contributed by atoms with E-state index in [2.05, 4.69) is 16.0 Å². The topological polar surface area (TPSA) is 39.9 Å². The fourth-order valence-electron chi connectivity index (χ4n) is 2.96. The predicted molar refractivity (Wildman–Crippen MR) is 108 cm³/mol. The van der Waals surface area contributed by atoms with Crippen molar-refractivity contribution in [2.24, 2.45) is 0 Å². The lowest BCUT2D eigenvalue weighted by Crippen LogP contribution is -2.13. The van der Waals surface area contributed by atoms with Gasteiger partial charge in [0.25, 0.3) is 0 Å². The van der Waals surface area contributed by atoms with Crippen molar-refractivity contribution in [3.63, 3.8) is 0 Å². The fraction of sp³-hybridized carbons (Fsp3) is 0.143. The number of rotatable bonds is 6. The van der Waals surface area contributed by atoms with Gasteiger partial charge < -0.3 is 9.30 Å². The average Bonchev–Trinajstić information content (AvgIpc) is 3.18. The van der Waals surface area contributed by atoms with Crippen LogP contribution in [0.5, 0.6) is 0 Å². The molecule has 0 aliphatic rings. The first kappa shape index (κ1) is 18.0. The number of hydrogen-bond donors (Lipinski definition) is 0. The van der Waals surface area contributed by atoms with Crippen LogP contribution >= 0.6 is 23.2 Å². The van der Waals surface area contributed by atoms with E-state index in [4.69, 9.17) is 27.9 Å². The molecule has 0 amide bonds. The molecule has 1 atom stereocenters. The Labute approximate surface area is 167 Å². The van der Waals surface area contributed by atoms with Gasteiger partial charge in [-0.15, -0.1) is 0 Å². The summed E-state index contributed by atoms with van der Waals surface area (Å²) in [7, 11) is 0. The van der Waals surface area contributed by atoms with Crippen molar-refractivity contribution in [1.82, 2.24) is 14.5 Å². The molecule has 2 heterocycles. The van der Waals surface area contributed by atoms with Gasteiger partial charge in [-0.25, -0.2) is 4.98 Å². The van der Waals surface area contributed by atoms with Crippen LogP contribution in [-0.2, 0) is 17.9 Å². The number of imidazole rings is 1. The molecule has 0 aliphatic heterocycles. The lowest BCUT2D eigenvalue weighted by molar-refractivity contribution is 0.0264. The molecule has 4 aromatic rings. The van der Waals surface area contributed by atoms with Crippen molar-refractivity contribution in [3.05, 3.63) is 94.6 Å². The molecule has 4 rings (SSSR count). The molecule has 27 heavy (non-hydrogen) atoms. The van der Waals surface area contributed by atoms with E-state index in [0.717, 1.165) is 22.2 Å². The number of halogens is 2. The summed E-state index contributed by atoms with van der Waals surface area (Å²) in [4.78, 5) is 8.78. The summed E-state index contributed by atoms with van der Waals surface area (Å²) >= 11 is 12.5. The zero-order valence-electron chi connectivity index (χ0n) is 14.4. The lowest BCUT2D eigenvalue weighted by Gasteiger charge is -2.20. The fourth-order valence-corrected chi connectivity index (χ4v) is 3.49. The Hall–Kier alpha value is -2.40. The molecule has 0 spiro atoms. The molecule has 4 nitrogen and oxygen atoms in total. The normalized spacial score (nSPS) is 12.4. The van der Waals surface area contributed by atoms with Gasteiger partial charge in [0.1, 0.15) is 6.10 Å². The highest BCUT2D eigenvalue weighted by atomic mass is 35.5. The maximum atomic E-state index is 6.42. The second-order valence-corrected chi connectivity index (χ2v) is 7.06. The van der Waals surface area contributed by atoms with Gasteiger partial charge in [-0.2, -0.15) is 0 Å². The Morgan fingerprint density at radius 2 is 1.93 bits per heavy atom. The first-order valence-corrected chi connectivity index (χ1v) is 9.31. The van der Waals surface area contributed by atoms with Gasteiger partial charge in [0.05, 0.1) is 30.7 Å². The molecule has 6 heteroatoms. The van der Waals surface area contributed by atoms with Crippen molar-refractivity contribution in [2.45, 2.75) is 19.3 Å². The van der Waals surface area contributed by atoms with Gasteiger partial charge >= 0.3 is 0 Å². The van der Waals surface area contributed by atoms with Crippen molar-refractivity contribution >= 4 is 34.1 Å². The molecule has 2 aromatic heterocycles. The minimum Gasteiger partial charge on any atom is -0.365 e. The van der Waals surface area contributed by atoms with Crippen LogP contribution < -0.4 is 0 Å². The largest absolute Gasteiger partial charge is 0.365 e. The Bertz CT molecular complexity index is 1050. The number of aromatic nitrogens is 3. The summed E-state index contributed by atoms with van der Waals surface area (Å²) in [5.74, 6) is 0. The minimum absolute atomic E-state index is 0.253. The molecule has 0 bridgehead atoms. The predicted octanol–water partition coefficient (Wildman–Crippen LogP) is 5.70. The number of ether oxygens (including phenoxy) is 1. The number of para-hydroxylation sites is 1. The van der Waals surface area contributed by atoms with Gasteiger partial charge in [0, 0.05) is 33.4 Å². The van der Waals surface area contributed by atoms with E-state index in [9.17, 15) is 0 Å². The third-order valence-corrected chi connectivity index (χ3v) is 4.90. The van der Waals surface area contributed by atoms with Crippen LogP contribution in [0.25, 0.3) is 10.9 Å². The van der Waals surface area contributed by atoms with Crippen LogP contribution in [0.1, 0.15) is 17.4 Å². The standard InChI is InChI=1S/C21H17Cl2N3O/c22-16-6-8-18(19(23)11-16)21(12-26-10-9-24-14-26)27-13-17-7-5-15-3-1-2-4-20(15)25-17/h1-11,14,21H,12-13H2. The third kappa shape index (κ3) is 4.30. The molecule has 0 aliphatic carbocycles. The van der Waals surface area contributed by atoms with E-state index in [1.165, 1.54) is 0 Å². The van der Waals surface area contributed by atoms with E-state index in [1.54, 1.807) is 18.6 Å². The molecule has 136 valence electrons. The lowest BCUT2D eigenvalue weighted by atomic mass is 10.1. The number of pyridine rings is 1. The highest BCUT2D eigenvalue weighted by Crippen LogP contribution is 2.30. The SMILES string of the molecule is Clc1ccc(C(Cn2ccnc2)OCc2ccc3ccccc3n2)c(Cl)c1. The smallest absolute Gasteiger partial charge is 0.102 e. The molecular weight excluding hydrogens is 381 g/mol. The molecule has 0 radical (unpaired) electrons. The van der Waals surface area contributed by atoms with E-state index in [0.29, 0.717) is 23.2 Å². The highest BCUT2D eigenvalue weighted by Gasteiger charge is 2.17. The van der Waals surface area contributed by atoms with Crippen LogP contribution in [0.4, 0.5) is 0 Å². The minimum atomic E-state index is -0.253. The number of hydrogen-bond acceptors (Lipinski definition) is 3. The number of nitrogens with zero attached hydrogens (tertiary/aromatic N) is 3. The number of benzene rings is 2. The monoisotopic (exact) mass is 397 g/mol. The van der Waals surface area contributed by atoms with Crippen molar-refractivity contribution < 1.29 is 4.74 Å². The summed E-state index contributed by atoms with van der Waals surface area (Å²) in [6.07, 6.45) is 5.14. The van der Waals surface area contributed by atoms with Crippen LogP contribution in [0, 0.1) is 0 Å². The van der Waals surface area contributed by atoms with Crippen molar-refractivity contribution in [3.8, 4) is 0 Å². The van der Waals surface area contributed by atoms with Gasteiger partial charge in [0.15, 0.2) is 0 Å². The molecule has 0 saturated carbocycles. The van der Waals surface area contributed by atoms with E-state index >= 15 is 0 Å². The molecule has 0 saturated heterocycles. The van der Waals surface area contributed by atoms with Gasteiger partial charge in [-0.1, -0.05) is 53.5 Å². The Balaban J connectivity index is 1.57.